The van der Waals surface area contributed by atoms with Gasteiger partial charge in [-0.2, -0.15) is 0 Å². The maximum absolute atomic E-state index is 15.0. The van der Waals surface area contributed by atoms with Crippen LogP contribution >= 0.6 is 0 Å². The highest BCUT2D eigenvalue weighted by Gasteiger charge is 2.20. The largest absolute Gasteiger partial charge is 0.382 e. The summed E-state index contributed by atoms with van der Waals surface area (Å²) in [6, 6.07) is 13.6. The van der Waals surface area contributed by atoms with E-state index in [0.717, 1.165) is 5.56 Å². The second-order valence-electron chi connectivity index (χ2n) is 9.86. The van der Waals surface area contributed by atoms with Crippen molar-refractivity contribution in [3.05, 3.63) is 66.1 Å². The SMILES string of the molecule is CC(C)S(=O)(=O)c1ccc(-c2cnc(N)c(-c3cc(-c4ccc(CNC5CCCC5)cc4F)no3)n2)cc1. The van der Waals surface area contributed by atoms with Crippen molar-refractivity contribution in [3.63, 3.8) is 0 Å². The van der Waals surface area contributed by atoms with E-state index in [-0.39, 0.29) is 28.0 Å². The summed E-state index contributed by atoms with van der Waals surface area (Å²) in [4.78, 5) is 9.03. The molecule has 38 heavy (non-hydrogen) atoms. The number of hydrogen-bond donors (Lipinski definition) is 2. The molecule has 4 aromatic rings. The van der Waals surface area contributed by atoms with Crippen LogP contribution in [0.2, 0.25) is 0 Å². The Kier molecular flexibility index (Phi) is 7.27. The van der Waals surface area contributed by atoms with Crippen LogP contribution < -0.4 is 11.1 Å². The molecular formula is C28H30FN5O3S. The summed E-state index contributed by atoms with van der Waals surface area (Å²) in [5, 5.41) is 7.01. The monoisotopic (exact) mass is 535 g/mol. The molecule has 0 amide bonds. The summed E-state index contributed by atoms with van der Waals surface area (Å²) in [5.74, 6) is -0.0127. The molecule has 0 bridgehead atoms. The van der Waals surface area contributed by atoms with Crippen molar-refractivity contribution >= 4 is 15.7 Å². The Bertz CT molecular complexity index is 1550. The average Bonchev–Trinajstić information content (AvgIpc) is 3.60. The summed E-state index contributed by atoms with van der Waals surface area (Å²) in [7, 11) is -3.38. The van der Waals surface area contributed by atoms with Crippen LogP contribution in [0.3, 0.4) is 0 Å². The summed E-state index contributed by atoms with van der Waals surface area (Å²) in [6.45, 7) is 3.90. The first kappa shape index (κ1) is 26.0. The fourth-order valence-corrected chi connectivity index (χ4v) is 5.65. The number of hydrogen-bond acceptors (Lipinski definition) is 8. The first-order chi connectivity index (χ1) is 18.2. The van der Waals surface area contributed by atoms with E-state index < -0.39 is 15.1 Å². The molecule has 1 aliphatic carbocycles. The van der Waals surface area contributed by atoms with Crippen LogP contribution in [0.5, 0.6) is 0 Å². The van der Waals surface area contributed by atoms with Gasteiger partial charge in [-0.1, -0.05) is 36.2 Å². The minimum atomic E-state index is -3.38. The Morgan fingerprint density at radius 2 is 1.82 bits per heavy atom. The Hall–Kier alpha value is -3.63. The summed E-state index contributed by atoms with van der Waals surface area (Å²) < 4.78 is 45.3. The van der Waals surface area contributed by atoms with E-state index in [1.807, 2.05) is 6.07 Å². The lowest BCUT2D eigenvalue weighted by atomic mass is 10.1. The highest BCUT2D eigenvalue weighted by atomic mass is 32.2. The van der Waals surface area contributed by atoms with Crippen LogP contribution in [0, 0.1) is 5.82 Å². The first-order valence-electron chi connectivity index (χ1n) is 12.7. The molecule has 198 valence electrons. The van der Waals surface area contributed by atoms with Crippen molar-refractivity contribution in [2.75, 3.05) is 5.73 Å². The topological polar surface area (TPSA) is 124 Å². The molecule has 2 aromatic heterocycles. The Morgan fingerprint density at radius 3 is 2.50 bits per heavy atom. The van der Waals surface area contributed by atoms with Gasteiger partial charge in [0.25, 0.3) is 0 Å². The normalized spacial score (nSPS) is 14.4. The zero-order valence-electron chi connectivity index (χ0n) is 21.3. The number of aromatic nitrogens is 3. The maximum atomic E-state index is 15.0. The van der Waals surface area contributed by atoms with E-state index in [9.17, 15) is 12.8 Å². The lowest BCUT2D eigenvalue weighted by Gasteiger charge is -2.12. The van der Waals surface area contributed by atoms with Gasteiger partial charge in [0.2, 0.25) is 0 Å². The highest BCUT2D eigenvalue weighted by Crippen LogP contribution is 2.31. The number of anilines is 1. The molecular weight excluding hydrogens is 505 g/mol. The molecule has 3 N–H and O–H groups in total. The lowest BCUT2D eigenvalue weighted by molar-refractivity contribution is 0.433. The van der Waals surface area contributed by atoms with Crippen molar-refractivity contribution in [1.29, 1.82) is 0 Å². The molecule has 0 spiro atoms. The van der Waals surface area contributed by atoms with Gasteiger partial charge >= 0.3 is 0 Å². The molecule has 0 aliphatic heterocycles. The second-order valence-corrected chi connectivity index (χ2v) is 12.4. The molecule has 10 heteroatoms. The van der Waals surface area contributed by atoms with Crippen molar-refractivity contribution in [3.8, 4) is 34.0 Å². The van der Waals surface area contributed by atoms with Gasteiger partial charge in [0.1, 0.15) is 11.5 Å². The van der Waals surface area contributed by atoms with Crippen LogP contribution in [0.4, 0.5) is 10.2 Å². The van der Waals surface area contributed by atoms with Crippen LogP contribution in [0.25, 0.3) is 34.0 Å². The van der Waals surface area contributed by atoms with Gasteiger partial charge in [0.15, 0.2) is 27.1 Å². The molecule has 8 nitrogen and oxygen atoms in total. The maximum Gasteiger partial charge on any atom is 0.189 e. The van der Waals surface area contributed by atoms with Crippen LogP contribution in [-0.4, -0.2) is 34.8 Å². The number of benzene rings is 2. The highest BCUT2D eigenvalue weighted by molar-refractivity contribution is 7.92. The van der Waals surface area contributed by atoms with Gasteiger partial charge in [-0.25, -0.2) is 22.8 Å². The molecule has 0 radical (unpaired) electrons. The number of nitrogens with zero attached hydrogens (tertiary/aromatic N) is 3. The third-order valence-corrected chi connectivity index (χ3v) is 9.07. The molecule has 0 saturated heterocycles. The van der Waals surface area contributed by atoms with Crippen molar-refractivity contribution in [1.82, 2.24) is 20.4 Å². The quantitative estimate of drug-likeness (QED) is 0.307. The number of nitrogen functional groups attached to an aromatic ring is 1. The van der Waals surface area contributed by atoms with Crippen molar-refractivity contribution < 1.29 is 17.3 Å². The van der Waals surface area contributed by atoms with Crippen LogP contribution in [-0.2, 0) is 16.4 Å². The summed E-state index contributed by atoms with van der Waals surface area (Å²) in [6.07, 6.45) is 6.32. The third kappa shape index (κ3) is 5.32. The minimum Gasteiger partial charge on any atom is -0.382 e. The first-order valence-corrected chi connectivity index (χ1v) is 14.2. The van der Waals surface area contributed by atoms with Crippen LogP contribution in [0.15, 0.2) is 64.1 Å². The van der Waals surface area contributed by atoms with Crippen LogP contribution in [0.1, 0.15) is 45.1 Å². The standard InChI is InChI=1S/C28H30FN5O3S/c1-17(2)38(35,36)21-10-8-19(9-11-21)25-16-32-28(30)27(33-25)26-14-24(34-37-26)22-12-7-18(13-23(22)29)15-31-20-5-3-4-6-20/h7-14,16-17,20,31H,3-6,15H2,1-2H3,(H2,30,32). The molecule has 0 atom stereocenters. The molecule has 1 fully saturated rings. The van der Waals surface area contributed by atoms with Crippen molar-refractivity contribution in [2.24, 2.45) is 0 Å². The van der Waals surface area contributed by atoms with E-state index in [0.29, 0.717) is 35.1 Å². The Morgan fingerprint density at radius 1 is 1.08 bits per heavy atom. The fraction of sp³-hybridized carbons (Fsp3) is 0.321. The molecule has 1 saturated carbocycles. The Labute approximate surface area is 221 Å². The molecule has 1 aliphatic rings. The minimum absolute atomic E-state index is 0.129. The third-order valence-electron chi connectivity index (χ3n) is 6.90. The number of nitrogens with one attached hydrogen (secondary N) is 1. The second kappa shape index (κ2) is 10.6. The van der Waals surface area contributed by atoms with E-state index >= 15 is 0 Å². The van der Waals surface area contributed by atoms with Gasteiger partial charge in [-0.15, -0.1) is 0 Å². The summed E-state index contributed by atoms with van der Waals surface area (Å²) >= 11 is 0. The fourth-order valence-electron chi connectivity index (χ4n) is 4.59. The Balaban J connectivity index is 1.37. The van der Waals surface area contributed by atoms with E-state index in [4.69, 9.17) is 10.3 Å². The number of halogens is 1. The zero-order valence-corrected chi connectivity index (χ0v) is 22.1. The van der Waals surface area contributed by atoms with E-state index in [1.165, 1.54) is 37.9 Å². The number of sulfone groups is 1. The predicted molar refractivity (Wildman–Crippen MR) is 144 cm³/mol. The molecule has 0 unspecified atom stereocenters. The zero-order chi connectivity index (χ0) is 26.9. The van der Waals surface area contributed by atoms with E-state index in [2.05, 4.69) is 20.4 Å². The lowest BCUT2D eigenvalue weighted by Crippen LogP contribution is -2.25. The predicted octanol–water partition coefficient (Wildman–Crippen LogP) is 5.40. The van der Waals surface area contributed by atoms with Gasteiger partial charge in [-0.3, -0.25) is 0 Å². The van der Waals surface area contributed by atoms with E-state index in [1.54, 1.807) is 50.2 Å². The number of nitrogens with two attached hydrogens (primary N) is 1. The average molecular weight is 536 g/mol. The van der Waals surface area contributed by atoms with Gasteiger partial charge in [-0.05, 0) is 56.5 Å². The number of rotatable bonds is 8. The van der Waals surface area contributed by atoms with Gasteiger partial charge in [0.05, 0.1) is 22.0 Å². The summed E-state index contributed by atoms with van der Waals surface area (Å²) in [5.41, 5.74) is 8.98. The van der Waals surface area contributed by atoms with Gasteiger partial charge < -0.3 is 15.6 Å². The smallest absolute Gasteiger partial charge is 0.189 e. The molecule has 2 heterocycles. The molecule has 2 aromatic carbocycles. The molecule has 5 rings (SSSR count). The van der Waals surface area contributed by atoms with Crippen molar-refractivity contribution in [2.45, 2.75) is 62.3 Å². The van der Waals surface area contributed by atoms with Gasteiger partial charge in [0, 0.05) is 29.8 Å².